The van der Waals surface area contributed by atoms with Crippen LogP contribution in [0.5, 0.6) is 0 Å². The second-order valence-electron chi connectivity index (χ2n) is 4.01. The minimum atomic E-state index is -0.396. The number of carbonyl (C=O) groups excluding carboxylic acids is 3. The van der Waals surface area contributed by atoms with Crippen LogP contribution < -0.4 is 10.6 Å². The van der Waals surface area contributed by atoms with Crippen LogP contribution >= 0.6 is 0 Å². The van der Waals surface area contributed by atoms with Crippen LogP contribution in [-0.2, 0) is 14.4 Å². The molecule has 0 saturated carbocycles. The van der Waals surface area contributed by atoms with Gasteiger partial charge in [0.15, 0.2) is 0 Å². The van der Waals surface area contributed by atoms with Crippen LogP contribution in [0.25, 0.3) is 6.08 Å². The molecule has 0 fully saturated rings. The van der Waals surface area contributed by atoms with E-state index in [1.165, 1.54) is 12.2 Å². The molecule has 96 valence electrons. The van der Waals surface area contributed by atoms with Gasteiger partial charge in [0, 0.05) is 18.6 Å². The zero-order chi connectivity index (χ0) is 13.8. The van der Waals surface area contributed by atoms with E-state index >= 15 is 0 Å². The number of nitrogens with two attached hydrogens (primary N) is 1. The van der Waals surface area contributed by atoms with Crippen molar-refractivity contribution in [1.82, 2.24) is 0 Å². The molecule has 1 aromatic carbocycles. The number of rotatable bonds is 4. The zero-order valence-electron chi connectivity index (χ0n) is 10.1. The summed E-state index contributed by atoms with van der Waals surface area (Å²) < 4.78 is 0. The largest absolute Gasteiger partial charge is 0.369 e. The number of hydrogen-bond donors (Lipinski definition) is 1. The molecule has 0 radical (unpaired) electrons. The van der Waals surface area contributed by atoms with E-state index in [2.05, 4.69) is 0 Å². The minimum Gasteiger partial charge on any atom is -0.369 e. The Labute approximate surface area is 110 Å². The van der Waals surface area contributed by atoms with Gasteiger partial charge in [-0.3, -0.25) is 14.4 Å². The van der Waals surface area contributed by atoms with Crippen molar-refractivity contribution in [3.63, 3.8) is 0 Å². The maximum absolute atomic E-state index is 11.5. The number of nitrogens with zero attached hydrogens (tertiary/aromatic N) is 1. The van der Waals surface area contributed by atoms with Crippen molar-refractivity contribution in [3.8, 4) is 0 Å². The van der Waals surface area contributed by atoms with Gasteiger partial charge in [0.25, 0.3) is 11.8 Å². The lowest BCUT2D eigenvalue weighted by Gasteiger charge is -2.13. The van der Waals surface area contributed by atoms with Crippen molar-refractivity contribution < 1.29 is 14.4 Å². The first kappa shape index (κ1) is 12.8. The van der Waals surface area contributed by atoms with Crippen molar-refractivity contribution in [3.05, 3.63) is 48.1 Å². The molecule has 19 heavy (non-hydrogen) atoms. The Morgan fingerprint density at radius 1 is 1.11 bits per heavy atom. The Morgan fingerprint density at radius 3 is 2.21 bits per heavy atom. The van der Waals surface area contributed by atoms with Crippen LogP contribution in [0.2, 0.25) is 0 Å². The SMILES string of the molecule is NC(=O)CC=Cc1ccc(N2C(=O)C=CC2=O)cc1. The van der Waals surface area contributed by atoms with Crippen molar-refractivity contribution in [2.24, 2.45) is 5.73 Å². The average molecular weight is 256 g/mol. The third-order valence-electron chi connectivity index (χ3n) is 2.59. The van der Waals surface area contributed by atoms with Crippen LogP contribution in [0, 0.1) is 0 Å². The quantitative estimate of drug-likeness (QED) is 0.816. The Balaban J connectivity index is 2.11. The Bertz CT molecular complexity index is 567. The normalized spacial score (nSPS) is 14.6. The van der Waals surface area contributed by atoms with E-state index in [1.54, 1.807) is 36.4 Å². The summed E-state index contributed by atoms with van der Waals surface area (Å²) in [5, 5.41) is 0. The van der Waals surface area contributed by atoms with Crippen molar-refractivity contribution >= 4 is 29.5 Å². The first-order chi connectivity index (χ1) is 9.08. The van der Waals surface area contributed by atoms with E-state index in [0.29, 0.717) is 5.69 Å². The summed E-state index contributed by atoms with van der Waals surface area (Å²) in [6.45, 7) is 0. The van der Waals surface area contributed by atoms with Gasteiger partial charge in [0.2, 0.25) is 5.91 Å². The number of anilines is 1. The van der Waals surface area contributed by atoms with Gasteiger partial charge in [-0.2, -0.15) is 0 Å². The fourth-order valence-corrected chi connectivity index (χ4v) is 1.70. The Hall–Kier alpha value is -2.69. The van der Waals surface area contributed by atoms with E-state index < -0.39 is 5.91 Å². The number of primary amides is 1. The average Bonchev–Trinajstić information content (AvgIpc) is 2.70. The maximum Gasteiger partial charge on any atom is 0.258 e. The number of imide groups is 1. The monoisotopic (exact) mass is 256 g/mol. The lowest BCUT2D eigenvalue weighted by atomic mass is 10.1. The van der Waals surface area contributed by atoms with Crippen LogP contribution in [0.4, 0.5) is 5.69 Å². The second-order valence-corrected chi connectivity index (χ2v) is 4.01. The summed E-state index contributed by atoms with van der Waals surface area (Å²) in [7, 11) is 0. The lowest BCUT2D eigenvalue weighted by Crippen LogP contribution is -2.29. The molecule has 3 amide bonds. The fourth-order valence-electron chi connectivity index (χ4n) is 1.70. The molecule has 2 rings (SSSR count). The van der Waals surface area contributed by atoms with Gasteiger partial charge in [-0.05, 0) is 17.7 Å². The van der Waals surface area contributed by atoms with Gasteiger partial charge in [-0.15, -0.1) is 0 Å². The molecule has 1 aromatic rings. The molecular formula is C14H12N2O3. The molecule has 1 aliphatic heterocycles. The third-order valence-corrected chi connectivity index (χ3v) is 2.59. The molecule has 0 saturated heterocycles. The highest BCUT2D eigenvalue weighted by atomic mass is 16.2. The predicted octanol–water partition coefficient (Wildman–Crippen LogP) is 1.00. The molecule has 0 bridgehead atoms. The lowest BCUT2D eigenvalue weighted by molar-refractivity contribution is -0.120. The van der Waals surface area contributed by atoms with Crippen LogP contribution in [0.15, 0.2) is 42.5 Å². The van der Waals surface area contributed by atoms with E-state index in [4.69, 9.17) is 5.73 Å². The van der Waals surface area contributed by atoms with E-state index in [0.717, 1.165) is 10.5 Å². The second kappa shape index (κ2) is 5.30. The van der Waals surface area contributed by atoms with E-state index in [9.17, 15) is 14.4 Å². The van der Waals surface area contributed by atoms with Gasteiger partial charge >= 0.3 is 0 Å². The molecule has 0 unspecified atom stereocenters. The topological polar surface area (TPSA) is 80.5 Å². The van der Waals surface area contributed by atoms with Crippen molar-refractivity contribution in [2.75, 3.05) is 4.90 Å². The van der Waals surface area contributed by atoms with Gasteiger partial charge in [-0.1, -0.05) is 24.3 Å². The summed E-state index contributed by atoms with van der Waals surface area (Å²) >= 11 is 0. The molecule has 1 aliphatic rings. The molecular weight excluding hydrogens is 244 g/mol. The van der Waals surface area contributed by atoms with Gasteiger partial charge in [0.1, 0.15) is 0 Å². The van der Waals surface area contributed by atoms with Gasteiger partial charge in [0.05, 0.1) is 5.69 Å². The standard InChI is InChI=1S/C14H12N2O3/c15-12(17)3-1-2-10-4-6-11(7-5-10)16-13(18)8-9-14(16)19/h1-2,4-9H,3H2,(H2,15,17). The summed E-state index contributed by atoms with van der Waals surface area (Å²) in [6, 6.07) is 6.86. The smallest absolute Gasteiger partial charge is 0.258 e. The van der Waals surface area contributed by atoms with Crippen molar-refractivity contribution in [1.29, 1.82) is 0 Å². The Kier molecular flexibility index (Phi) is 3.56. The number of benzene rings is 1. The van der Waals surface area contributed by atoms with E-state index in [-0.39, 0.29) is 18.2 Å². The number of carbonyl (C=O) groups is 3. The highest BCUT2D eigenvalue weighted by Crippen LogP contribution is 2.19. The zero-order valence-corrected chi connectivity index (χ0v) is 10.1. The van der Waals surface area contributed by atoms with Crippen molar-refractivity contribution in [2.45, 2.75) is 6.42 Å². The number of hydrogen-bond acceptors (Lipinski definition) is 3. The summed E-state index contributed by atoms with van der Waals surface area (Å²) in [5.41, 5.74) is 6.39. The van der Waals surface area contributed by atoms with E-state index in [1.807, 2.05) is 0 Å². The summed E-state index contributed by atoms with van der Waals surface area (Å²) in [6.07, 6.45) is 6.06. The molecule has 0 atom stereocenters. The predicted molar refractivity (Wildman–Crippen MR) is 70.9 cm³/mol. The third kappa shape index (κ3) is 2.95. The molecule has 2 N–H and O–H groups in total. The first-order valence-corrected chi connectivity index (χ1v) is 5.69. The highest BCUT2D eigenvalue weighted by Gasteiger charge is 2.24. The van der Waals surface area contributed by atoms with Crippen LogP contribution in [0.1, 0.15) is 12.0 Å². The summed E-state index contributed by atoms with van der Waals surface area (Å²) in [4.78, 5) is 34.6. The maximum atomic E-state index is 11.5. The van der Waals surface area contributed by atoms with Gasteiger partial charge < -0.3 is 5.73 Å². The molecule has 0 aromatic heterocycles. The van der Waals surface area contributed by atoms with Crippen LogP contribution in [-0.4, -0.2) is 17.7 Å². The molecule has 5 nitrogen and oxygen atoms in total. The fraction of sp³-hybridized carbons (Fsp3) is 0.0714. The Morgan fingerprint density at radius 2 is 1.68 bits per heavy atom. The van der Waals surface area contributed by atoms with Crippen LogP contribution in [0.3, 0.4) is 0 Å². The molecule has 5 heteroatoms. The number of amides is 3. The minimum absolute atomic E-state index is 0.175. The molecule has 0 aliphatic carbocycles. The molecule has 0 spiro atoms. The van der Waals surface area contributed by atoms with Gasteiger partial charge in [-0.25, -0.2) is 4.90 Å². The molecule has 1 heterocycles. The summed E-state index contributed by atoms with van der Waals surface area (Å²) in [5.74, 6) is -1.09. The highest BCUT2D eigenvalue weighted by molar-refractivity contribution is 6.28. The first-order valence-electron chi connectivity index (χ1n) is 5.69.